The molecule has 0 aliphatic carbocycles. The van der Waals surface area contributed by atoms with E-state index in [0.717, 1.165) is 0 Å². The molecular weight excluding hydrogens is 229 g/mol. The van der Waals surface area contributed by atoms with Crippen LogP contribution in [0.3, 0.4) is 0 Å². The number of halogens is 1. The summed E-state index contributed by atoms with van der Waals surface area (Å²) in [6.45, 7) is -0.690. The van der Waals surface area contributed by atoms with Crippen LogP contribution >= 0.6 is 0 Å². The number of carboxylic acid groups (broad SMARTS) is 1. The molecule has 0 heterocycles. The largest absolute Gasteiger partial charge is 0.480 e. The Bertz CT molecular complexity index is 422. The van der Waals surface area contributed by atoms with Gasteiger partial charge >= 0.3 is 5.97 Å². The van der Waals surface area contributed by atoms with E-state index >= 15 is 0 Å². The van der Waals surface area contributed by atoms with Crippen molar-refractivity contribution in [3.8, 4) is 0 Å². The highest BCUT2D eigenvalue weighted by molar-refractivity contribution is 5.84. The summed E-state index contributed by atoms with van der Waals surface area (Å²) in [4.78, 5) is 21.9. The number of aliphatic carboxylic acids is 1. The highest BCUT2D eigenvalue weighted by Gasteiger charge is 2.18. The predicted octanol–water partition coefficient (Wildman–Crippen LogP) is -0.0701. The molecule has 0 aliphatic rings. The molecule has 0 aliphatic heterocycles. The van der Waals surface area contributed by atoms with Crippen molar-refractivity contribution in [2.45, 2.75) is 12.5 Å². The van der Waals surface area contributed by atoms with Crippen LogP contribution in [0.25, 0.3) is 0 Å². The van der Waals surface area contributed by atoms with E-state index in [2.05, 4.69) is 5.32 Å². The molecule has 0 aromatic heterocycles. The van der Waals surface area contributed by atoms with Gasteiger partial charge in [-0.3, -0.25) is 4.79 Å². The molecule has 1 atom stereocenters. The molecule has 5 nitrogen and oxygen atoms in total. The van der Waals surface area contributed by atoms with E-state index in [0.29, 0.717) is 5.56 Å². The Kier molecular flexibility index (Phi) is 4.59. The van der Waals surface area contributed by atoms with Crippen molar-refractivity contribution in [3.63, 3.8) is 0 Å². The topological polar surface area (TPSA) is 86.6 Å². The van der Waals surface area contributed by atoms with Gasteiger partial charge in [0.05, 0.1) is 13.0 Å². The number of carbonyl (C=O) groups is 2. The first-order valence-electron chi connectivity index (χ1n) is 4.90. The summed E-state index contributed by atoms with van der Waals surface area (Å²) >= 11 is 0. The molecule has 0 fully saturated rings. The number of carbonyl (C=O) groups excluding carboxylic acids is 1. The molecule has 92 valence electrons. The predicted molar refractivity (Wildman–Crippen MR) is 56.8 cm³/mol. The maximum atomic E-state index is 12.8. The lowest BCUT2D eigenvalue weighted by atomic mass is 10.1. The normalized spacial score (nSPS) is 11.9. The highest BCUT2D eigenvalue weighted by atomic mass is 19.1. The minimum Gasteiger partial charge on any atom is -0.480 e. The van der Waals surface area contributed by atoms with Crippen LogP contribution in [0.2, 0.25) is 0 Å². The summed E-state index contributed by atoms with van der Waals surface area (Å²) in [5.74, 6) is -2.37. The Morgan fingerprint density at radius 2 is 2.12 bits per heavy atom. The maximum absolute atomic E-state index is 12.8. The Labute approximate surface area is 96.9 Å². The number of rotatable bonds is 5. The number of carboxylic acids is 1. The van der Waals surface area contributed by atoms with E-state index in [9.17, 15) is 14.0 Å². The van der Waals surface area contributed by atoms with Gasteiger partial charge in [-0.05, 0) is 17.7 Å². The van der Waals surface area contributed by atoms with Crippen molar-refractivity contribution in [2.24, 2.45) is 0 Å². The third kappa shape index (κ3) is 4.20. The smallest absolute Gasteiger partial charge is 0.328 e. The zero-order valence-electron chi connectivity index (χ0n) is 8.89. The monoisotopic (exact) mass is 241 g/mol. The lowest BCUT2D eigenvalue weighted by molar-refractivity contribution is -0.142. The lowest BCUT2D eigenvalue weighted by Crippen LogP contribution is -2.43. The van der Waals surface area contributed by atoms with E-state index in [4.69, 9.17) is 10.2 Å². The number of aliphatic hydroxyl groups is 1. The van der Waals surface area contributed by atoms with Gasteiger partial charge in [-0.25, -0.2) is 9.18 Å². The molecule has 1 amide bonds. The number of hydrogen-bond acceptors (Lipinski definition) is 3. The van der Waals surface area contributed by atoms with Crippen molar-refractivity contribution < 1.29 is 24.2 Å². The van der Waals surface area contributed by atoms with Crippen LogP contribution in [0.4, 0.5) is 4.39 Å². The van der Waals surface area contributed by atoms with E-state index in [1.807, 2.05) is 0 Å². The summed E-state index contributed by atoms with van der Waals surface area (Å²) in [5, 5.41) is 19.4. The van der Waals surface area contributed by atoms with Gasteiger partial charge in [-0.15, -0.1) is 0 Å². The number of amides is 1. The van der Waals surface area contributed by atoms with E-state index in [-0.39, 0.29) is 6.42 Å². The minimum absolute atomic E-state index is 0.137. The van der Waals surface area contributed by atoms with Crippen LogP contribution in [0.15, 0.2) is 24.3 Å². The molecule has 1 aromatic carbocycles. The Morgan fingerprint density at radius 1 is 1.41 bits per heavy atom. The van der Waals surface area contributed by atoms with Crippen LogP contribution < -0.4 is 5.32 Å². The molecule has 1 rings (SSSR count). The van der Waals surface area contributed by atoms with Crippen molar-refractivity contribution in [1.82, 2.24) is 5.32 Å². The Balaban J connectivity index is 2.58. The third-order valence-electron chi connectivity index (χ3n) is 2.07. The average molecular weight is 241 g/mol. The molecule has 0 radical (unpaired) electrons. The van der Waals surface area contributed by atoms with Gasteiger partial charge in [0, 0.05) is 0 Å². The second-order valence-corrected chi connectivity index (χ2v) is 3.45. The Morgan fingerprint density at radius 3 is 2.65 bits per heavy atom. The molecule has 0 spiro atoms. The molecular formula is C11H12FNO4. The third-order valence-corrected chi connectivity index (χ3v) is 2.07. The number of benzene rings is 1. The summed E-state index contributed by atoms with van der Waals surface area (Å²) in [6, 6.07) is 4.11. The van der Waals surface area contributed by atoms with E-state index in [1.165, 1.54) is 18.2 Å². The van der Waals surface area contributed by atoms with Gasteiger partial charge in [0.25, 0.3) is 0 Å². The Hall–Kier alpha value is -1.95. The summed E-state index contributed by atoms with van der Waals surface area (Å²) in [7, 11) is 0. The molecule has 0 saturated carbocycles. The molecule has 0 bridgehead atoms. The quantitative estimate of drug-likeness (QED) is 0.673. The first kappa shape index (κ1) is 13.1. The first-order chi connectivity index (χ1) is 8.02. The fraction of sp³-hybridized carbons (Fsp3) is 0.273. The van der Waals surface area contributed by atoms with Gasteiger partial charge in [0.2, 0.25) is 5.91 Å². The zero-order valence-corrected chi connectivity index (χ0v) is 8.89. The molecule has 0 saturated heterocycles. The summed E-state index contributed by atoms with van der Waals surface area (Å²) in [6.07, 6.45) is -0.137. The van der Waals surface area contributed by atoms with Crippen LogP contribution in [-0.4, -0.2) is 34.7 Å². The fourth-order valence-corrected chi connectivity index (χ4v) is 1.26. The molecule has 0 unspecified atom stereocenters. The van der Waals surface area contributed by atoms with Gasteiger partial charge in [0.1, 0.15) is 11.9 Å². The van der Waals surface area contributed by atoms with Gasteiger partial charge in [-0.2, -0.15) is 0 Å². The fourth-order valence-electron chi connectivity index (χ4n) is 1.26. The van der Waals surface area contributed by atoms with Crippen molar-refractivity contribution in [3.05, 3.63) is 35.6 Å². The number of aliphatic hydroxyl groups excluding tert-OH is 1. The van der Waals surface area contributed by atoms with Crippen molar-refractivity contribution in [2.75, 3.05) is 6.61 Å². The van der Waals surface area contributed by atoms with Crippen molar-refractivity contribution in [1.29, 1.82) is 0 Å². The number of nitrogens with one attached hydrogen (secondary N) is 1. The SMILES string of the molecule is O=C(Cc1cccc(F)c1)N[C@H](CO)C(=O)O. The second-order valence-electron chi connectivity index (χ2n) is 3.45. The van der Waals surface area contributed by atoms with Crippen LogP contribution in [0.5, 0.6) is 0 Å². The highest BCUT2D eigenvalue weighted by Crippen LogP contribution is 2.04. The van der Waals surface area contributed by atoms with Gasteiger partial charge in [-0.1, -0.05) is 12.1 Å². The van der Waals surface area contributed by atoms with Crippen LogP contribution in [0, 0.1) is 5.82 Å². The number of hydrogen-bond donors (Lipinski definition) is 3. The maximum Gasteiger partial charge on any atom is 0.328 e. The standard InChI is InChI=1S/C11H12FNO4/c12-8-3-1-2-7(4-8)5-10(15)13-9(6-14)11(16)17/h1-4,9,14H,5-6H2,(H,13,15)(H,16,17)/t9-/m1/s1. The van der Waals surface area contributed by atoms with Gasteiger partial charge in [0.15, 0.2) is 0 Å². The van der Waals surface area contributed by atoms with Crippen LogP contribution in [0.1, 0.15) is 5.56 Å². The van der Waals surface area contributed by atoms with Gasteiger partial charge < -0.3 is 15.5 Å². The molecule has 17 heavy (non-hydrogen) atoms. The average Bonchev–Trinajstić information content (AvgIpc) is 2.25. The molecule has 3 N–H and O–H groups in total. The van der Waals surface area contributed by atoms with Crippen LogP contribution in [-0.2, 0) is 16.0 Å². The first-order valence-corrected chi connectivity index (χ1v) is 4.90. The van der Waals surface area contributed by atoms with E-state index in [1.54, 1.807) is 6.07 Å². The zero-order chi connectivity index (χ0) is 12.8. The minimum atomic E-state index is -1.34. The summed E-state index contributed by atoms with van der Waals surface area (Å²) < 4.78 is 12.8. The van der Waals surface area contributed by atoms with E-state index < -0.39 is 30.3 Å². The lowest BCUT2D eigenvalue weighted by Gasteiger charge is -2.11. The molecule has 1 aromatic rings. The second kappa shape index (κ2) is 5.95. The van der Waals surface area contributed by atoms with Crippen molar-refractivity contribution >= 4 is 11.9 Å². The summed E-state index contributed by atoms with van der Waals surface area (Å²) in [5.41, 5.74) is 0.435. The molecule has 6 heteroatoms.